The Kier molecular flexibility index (Phi) is 6.38. The smallest absolute Gasteiger partial charge is 0.343 e. The van der Waals surface area contributed by atoms with E-state index in [-0.39, 0.29) is 10.7 Å². The number of hydrogen-bond acceptors (Lipinski definition) is 6. The predicted octanol–water partition coefficient (Wildman–Crippen LogP) is 4.97. The van der Waals surface area contributed by atoms with E-state index in [0.29, 0.717) is 28.4 Å². The molecule has 1 aliphatic heterocycles. The van der Waals surface area contributed by atoms with Crippen LogP contribution in [0.5, 0.6) is 11.5 Å². The number of carbonyl (C=O) groups is 3. The second-order valence-corrected chi connectivity index (χ2v) is 8.05. The fourth-order valence-corrected chi connectivity index (χ4v) is 3.79. The number of halogens is 1. The molecule has 0 atom stereocenters. The molecule has 0 unspecified atom stereocenters. The minimum atomic E-state index is -0.599. The van der Waals surface area contributed by atoms with E-state index in [1.807, 2.05) is 26.0 Å². The Bertz CT molecular complexity index is 1330. The Morgan fingerprint density at radius 2 is 1.59 bits per heavy atom. The van der Waals surface area contributed by atoms with Gasteiger partial charge in [-0.2, -0.15) is 0 Å². The molecule has 1 N–H and O–H groups in total. The first-order valence-corrected chi connectivity index (χ1v) is 10.8. The van der Waals surface area contributed by atoms with E-state index in [0.717, 1.165) is 16.0 Å². The number of aryl methyl sites for hydroxylation is 2. The minimum Gasteiger partial charge on any atom is -0.493 e. The zero-order chi connectivity index (χ0) is 24.4. The lowest BCUT2D eigenvalue weighted by Crippen LogP contribution is -2.32. The lowest BCUT2D eigenvalue weighted by molar-refractivity contribution is -0.120. The van der Waals surface area contributed by atoms with Crippen molar-refractivity contribution in [3.8, 4) is 11.5 Å². The first kappa shape index (κ1) is 23.1. The highest BCUT2D eigenvalue weighted by atomic mass is 35.5. The maximum Gasteiger partial charge on any atom is 0.343 e. The summed E-state index contributed by atoms with van der Waals surface area (Å²) in [5.41, 5.74) is 3.02. The fourth-order valence-electron chi connectivity index (χ4n) is 3.58. The molecule has 1 aliphatic rings. The third kappa shape index (κ3) is 4.38. The molecule has 0 saturated carbocycles. The molecule has 2 amide bonds. The molecule has 3 aromatic rings. The van der Waals surface area contributed by atoms with Crippen LogP contribution in [0.15, 0.2) is 77.5 Å². The van der Waals surface area contributed by atoms with Crippen molar-refractivity contribution in [1.82, 2.24) is 0 Å². The van der Waals surface area contributed by atoms with Crippen molar-refractivity contribution >= 4 is 40.8 Å². The van der Waals surface area contributed by atoms with Crippen molar-refractivity contribution in [2.24, 2.45) is 0 Å². The van der Waals surface area contributed by atoms with E-state index in [1.54, 1.807) is 42.5 Å². The summed E-state index contributed by atoms with van der Waals surface area (Å²) < 4.78 is 10.6. The van der Waals surface area contributed by atoms with Gasteiger partial charge in [-0.25, -0.2) is 9.69 Å². The number of amides is 2. The molecular weight excluding hydrogens is 456 g/mol. The zero-order valence-electron chi connectivity index (χ0n) is 18.7. The SMILES string of the molecule is COc1ccccc1OC(=O)c1ccc(NC2=C(Cl)C(=O)N(c3ccc(C)cc3C)C2=O)cc1. The maximum atomic E-state index is 13.0. The van der Waals surface area contributed by atoms with E-state index >= 15 is 0 Å². The number of hydrogen-bond donors (Lipinski definition) is 1. The molecule has 1 heterocycles. The number of benzene rings is 3. The molecule has 0 spiro atoms. The van der Waals surface area contributed by atoms with Gasteiger partial charge in [0.1, 0.15) is 10.7 Å². The third-order valence-corrected chi connectivity index (χ3v) is 5.63. The van der Waals surface area contributed by atoms with Crippen LogP contribution in [0.25, 0.3) is 0 Å². The average molecular weight is 477 g/mol. The van der Waals surface area contributed by atoms with Crippen molar-refractivity contribution in [2.75, 3.05) is 17.3 Å². The summed E-state index contributed by atoms with van der Waals surface area (Å²) in [7, 11) is 1.49. The molecule has 4 rings (SSSR count). The number of rotatable bonds is 6. The van der Waals surface area contributed by atoms with Crippen molar-refractivity contribution in [3.05, 3.63) is 94.1 Å². The molecule has 3 aromatic carbocycles. The highest BCUT2D eigenvalue weighted by Gasteiger charge is 2.39. The van der Waals surface area contributed by atoms with Crippen molar-refractivity contribution < 1.29 is 23.9 Å². The van der Waals surface area contributed by atoms with Crippen molar-refractivity contribution in [2.45, 2.75) is 13.8 Å². The fraction of sp³-hybridized carbons (Fsp3) is 0.115. The number of imide groups is 1. The Hall–Kier alpha value is -4.10. The van der Waals surface area contributed by atoms with Gasteiger partial charge < -0.3 is 14.8 Å². The van der Waals surface area contributed by atoms with Crippen LogP contribution in [0, 0.1) is 13.8 Å². The normalized spacial score (nSPS) is 13.4. The predicted molar refractivity (Wildman–Crippen MR) is 129 cm³/mol. The van der Waals surface area contributed by atoms with Crippen LogP contribution in [-0.4, -0.2) is 24.9 Å². The lowest BCUT2D eigenvalue weighted by Gasteiger charge is -2.18. The summed E-state index contributed by atoms with van der Waals surface area (Å²) >= 11 is 6.22. The molecule has 172 valence electrons. The number of nitrogens with zero attached hydrogens (tertiary/aromatic N) is 1. The average Bonchev–Trinajstić information content (AvgIpc) is 3.03. The molecule has 34 heavy (non-hydrogen) atoms. The monoisotopic (exact) mass is 476 g/mol. The van der Waals surface area contributed by atoms with Gasteiger partial charge >= 0.3 is 5.97 Å². The number of esters is 1. The quantitative estimate of drug-likeness (QED) is 0.307. The van der Waals surface area contributed by atoms with Crippen LogP contribution in [-0.2, 0) is 9.59 Å². The second kappa shape index (κ2) is 9.41. The highest BCUT2D eigenvalue weighted by molar-refractivity contribution is 6.53. The van der Waals surface area contributed by atoms with Crippen LogP contribution in [0.4, 0.5) is 11.4 Å². The van der Waals surface area contributed by atoms with Gasteiger partial charge in [0.15, 0.2) is 11.5 Å². The van der Waals surface area contributed by atoms with Gasteiger partial charge in [0.2, 0.25) is 0 Å². The van der Waals surface area contributed by atoms with Crippen LogP contribution in [0.1, 0.15) is 21.5 Å². The molecular formula is C26H21ClN2O5. The summed E-state index contributed by atoms with van der Waals surface area (Å²) in [4.78, 5) is 39.3. The molecule has 0 radical (unpaired) electrons. The zero-order valence-corrected chi connectivity index (χ0v) is 19.5. The molecule has 0 aliphatic carbocycles. The van der Waals surface area contributed by atoms with E-state index < -0.39 is 17.8 Å². The van der Waals surface area contributed by atoms with Gasteiger partial charge in [-0.15, -0.1) is 0 Å². The number of methoxy groups -OCH3 is 1. The Morgan fingerprint density at radius 1 is 0.912 bits per heavy atom. The van der Waals surface area contributed by atoms with E-state index in [1.165, 1.54) is 19.2 Å². The largest absolute Gasteiger partial charge is 0.493 e. The topological polar surface area (TPSA) is 84.9 Å². The van der Waals surface area contributed by atoms with Crippen LogP contribution in [0.2, 0.25) is 0 Å². The van der Waals surface area contributed by atoms with Gasteiger partial charge in [-0.05, 0) is 61.9 Å². The van der Waals surface area contributed by atoms with Crippen LogP contribution in [0.3, 0.4) is 0 Å². The maximum absolute atomic E-state index is 13.0. The number of para-hydroxylation sites is 2. The first-order valence-electron chi connectivity index (χ1n) is 10.4. The van der Waals surface area contributed by atoms with Gasteiger partial charge in [0.25, 0.3) is 11.8 Å². The van der Waals surface area contributed by atoms with Gasteiger partial charge in [-0.1, -0.05) is 41.4 Å². The highest BCUT2D eigenvalue weighted by Crippen LogP contribution is 2.32. The van der Waals surface area contributed by atoms with E-state index in [4.69, 9.17) is 21.1 Å². The molecule has 0 saturated heterocycles. The van der Waals surface area contributed by atoms with Gasteiger partial charge in [-0.3, -0.25) is 9.59 Å². The number of anilines is 2. The van der Waals surface area contributed by atoms with Crippen molar-refractivity contribution in [1.29, 1.82) is 0 Å². The van der Waals surface area contributed by atoms with Crippen LogP contribution >= 0.6 is 11.6 Å². The molecule has 0 aromatic heterocycles. The van der Waals surface area contributed by atoms with Crippen LogP contribution < -0.4 is 19.7 Å². The Balaban J connectivity index is 1.50. The summed E-state index contributed by atoms with van der Waals surface area (Å²) in [5, 5.41) is 2.69. The summed E-state index contributed by atoms with van der Waals surface area (Å²) in [6.45, 7) is 3.75. The van der Waals surface area contributed by atoms with E-state index in [9.17, 15) is 14.4 Å². The van der Waals surface area contributed by atoms with Gasteiger partial charge in [0.05, 0.1) is 18.4 Å². The van der Waals surface area contributed by atoms with Gasteiger partial charge in [0, 0.05) is 5.69 Å². The third-order valence-electron chi connectivity index (χ3n) is 5.28. The standard InChI is InChI=1S/C26H21ClN2O5/c1-15-8-13-19(16(2)14-15)29-24(30)22(27)23(25(29)31)28-18-11-9-17(10-12-18)26(32)34-21-7-5-4-6-20(21)33-3/h4-14,28H,1-3H3. The summed E-state index contributed by atoms with van der Waals surface area (Å²) in [6.07, 6.45) is 0. The van der Waals surface area contributed by atoms with E-state index in [2.05, 4.69) is 5.32 Å². The lowest BCUT2D eigenvalue weighted by atomic mass is 10.1. The molecule has 8 heteroatoms. The Labute approximate surface area is 201 Å². The minimum absolute atomic E-state index is 0.0315. The molecule has 7 nitrogen and oxygen atoms in total. The number of ether oxygens (including phenoxy) is 2. The Morgan fingerprint density at radius 3 is 2.24 bits per heavy atom. The number of carbonyl (C=O) groups excluding carboxylic acids is 3. The first-order chi connectivity index (χ1) is 16.3. The summed E-state index contributed by atoms with van der Waals surface area (Å²) in [6, 6.07) is 18.5. The second-order valence-electron chi connectivity index (χ2n) is 7.67. The molecule has 0 bridgehead atoms. The summed E-state index contributed by atoms with van der Waals surface area (Å²) in [5.74, 6) is -0.981. The van der Waals surface area contributed by atoms with Crippen molar-refractivity contribution in [3.63, 3.8) is 0 Å². The molecule has 0 fully saturated rings. The number of nitrogens with one attached hydrogen (secondary N) is 1.